The zero-order valence-electron chi connectivity index (χ0n) is 20.0. The van der Waals surface area contributed by atoms with Gasteiger partial charge >= 0.3 is 6.09 Å². The summed E-state index contributed by atoms with van der Waals surface area (Å²) >= 11 is 1.19. The first-order valence-electron chi connectivity index (χ1n) is 11.7. The number of anilines is 1. The summed E-state index contributed by atoms with van der Waals surface area (Å²) in [6, 6.07) is 16.9. The van der Waals surface area contributed by atoms with Crippen LogP contribution in [0.1, 0.15) is 42.8 Å². The van der Waals surface area contributed by atoms with Gasteiger partial charge in [0.2, 0.25) is 0 Å². The Morgan fingerprint density at radius 3 is 2.68 bits per heavy atom. The van der Waals surface area contributed by atoms with Crippen LogP contribution < -0.4 is 5.32 Å². The standard InChI is InChI=1S/C27H32FN3O2S/c1-20-9-10-21(17-29-20)26(2,3)31-16-15-27(18-31,14-13-23-11-12-24(28)34-23)19-33-25(32)30-22-7-5-4-6-8-22/h4-12,17H,13-16,18-19H2,1-3H3,(H,30,32). The van der Waals surface area contributed by atoms with Crippen LogP contribution in [0.5, 0.6) is 0 Å². The van der Waals surface area contributed by atoms with Crippen molar-refractivity contribution in [2.45, 2.75) is 45.6 Å². The second-order valence-electron chi connectivity index (χ2n) is 9.69. The second-order valence-corrected chi connectivity index (χ2v) is 10.8. The summed E-state index contributed by atoms with van der Waals surface area (Å²) < 4.78 is 19.3. The third-order valence-electron chi connectivity index (χ3n) is 6.91. The predicted octanol–water partition coefficient (Wildman–Crippen LogP) is 6.40. The number of carbonyl (C=O) groups excluding carboxylic acids is 1. The van der Waals surface area contributed by atoms with Crippen molar-refractivity contribution < 1.29 is 13.9 Å². The van der Waals surface area contributed by atoms with E-state index in [1.807, 2.05) is 55.6 Å². The van der Waals surface area contributed by atoms with Crippen LogP contribution in [0.4, 0.5) is 14.9 Å². The highest BCUT2D eigenvalue weighted by Gasteiger charge is 2.44. The topological polar surface area (TPSA) is 54.5 Å². The summed E-state index contributed by atoms with van der Waals surface area (Å²) in [6.07, 6.45) is 3.99. The Bertz CT molecular complexity index is 1100. The lowest BCUT2D eigenvalue weighted by Gasteiger charge is -2.38. The van der Waals surface area contributed by atoms with Gasteiger partial charge < -0.3 is 4.74 Å². The summed E-state index contributed by atoms with van der Waals surface area (Å²) in [4.78, 5) is 20.5. The number of nitrogens with zero attached hydrogens (tertiary/aromatic N) is 2. The van der Waals surface area contributed by atoms with Crippen molar-refractivity contribution in [3.05, 3.63) is 82.1 Å². The van der Waals surface area contributed by atoms with Crippen molar-refractivity contribution in [1.29, 1.82) is 0 Å². The minimum atomic E-state index is -0.451. The van der Waals surface area contributed by atoms with Crippen molar-refractivity contribution in [2.24, 2.45) is 5.41 Å². The highest BCUT2D eigenvalue weighted by atomic mass is 32.1. The number of rotatable bonds is 8. The van der Waals surface area contributed by atoms with Crippen LogP contribution in [-0.4, -0.2) is 35.7 Å². The van der Waals surface area contributed by atoms with E-state index in [0.29, 0.717) is 12.3 Å². The van der Waals surface area contributed by atoms with Gasteiger partial charge in [-0.1, -0.05) is 24.3 Å². The largest absolute Gasteiger partial charge is 0.449 e. The number of benzene rings is 1. The van der Waals surface area contributed by atoms with E-state index >= 15 is 0 Å². The molecule has 3 aromatic rings. The van der Waals surface area contributed by atoms with E-state index < -0.39 is 6.09 Å². The average molecular weight is 482 g/mol. The van der Waals surface area contributed by atoms with Crippen LogP contribution in [0.15, 0.2) is 60.8 Å². The zero-order valence-corrected chi connectivity index (χ0v) is 20.8. The fourth-order valence-corrected chi connectivity index (χ4v) is 5.31. The minimum absolute atomic E-state index is 0.163. The molecule has 1 aliphatic rings. The number of thiophene rings is 1. The summed E-state index contributed by atoms with van der Waals surface area (Å²) in [5.41, 5.74) is 2.46. The molecule has 1 N–H and O–H groups in total. The van der Waals surface area contributed by atoms with Crippen LogP contribution in [0.2, 0.25) is 0 Å². The zero-order chi connectivity index (χ0) is 24.2. The molecule has 1 aliphatic heterocycles. The van der Waals surface area contributed by atoms with E-state index in [4.69, 9.17) is 4.74 Å². The van der Waals surface area contributed by atoms with E-state index in [1.165, 1.54) is 17.4 Å². The number of aromatic nitrogens is 1. The molecule has 0 spiro atoms. The first-order chi connectivity index (χ1) is 16.3. The van der Waals surface area contributed by atoms with Crippen LogP contribution in [-0.2, 0) is 16.7 Å². The quantitative estimate of drug-likeness (QED) is 0.405. The first-order valence-corrected chi connectivity index (χ1v) is 12.5. The third-order valence-corrected chi connectivity index (χ3v) is 7.84. The Morgan fingerprint density at radius 2 is 2.00 bits per heavy atom. The number of amides is 1. The molecular formula is C27H32FN3O2S. The Labute approximate surface area is 205 Å². The Kier molecular flexibility index (Phi) is 7.33. The molecule has 4 rings (SSSR count). The average Bonchev–Trinajstić information content (AvgIpc) is 3.45. The SMILES string of the molecule is Cc1ccc(C(C)(C)N2CCC(CCc3ccc(F)s3)(COC(=O)Nc3ccccc3)C2)cn1. The van der Waals surface area contributed by atoms with E-state index in [1.54, 1.807) is 0 Å². The Morgan fingerprint density at radius 1 is 1.21 bits per heavy atom. The predicted molar refractivity (Wildman–Crippen MR) is 135 cm³/mol. The van der Waals surface area contributed by atoms with Crippen LogP contribution in [0.3, 0.4) is 0 Å². The molecule has 2 aromatic heterocycles. The summed E-state index contributed by atoms with van der Waals surface area (Å²) in [6.45, 7) is 8.42. The lowest BCUT2D eigenvalue weighted by atomic mass is 9.82. The molecule has 1 fully saturated rings. The smallest absolute Gasteiger partial charge is 0.411 e. The number of pyridine rings is 1. The molecule has 1 aromatic carbocycles. The van der Waals surface area contributed by atoms with Gasteiger partial charge in [-0.15, -0.1) is 11.3 Å². The highest BCUT2D eigenvalue weighted by molar-refractivity contribution is 7.10. The summed E-state index contributed by atoms with van der Waals surface area (Å²) in [5.74, 6) is 0. The second kappa shape index (κ2) is 10.2. The van der Waals surface area contributed by atoms with Gasteiger partial charge in [0.25, 0.3) is 0 Å². The summed E-state index contributed by atoms with van der Waals surface area (Å²) in [5, 5.41) is 2.64. The van der Waals surface area contributed by atoms with Crippen molar-refractivity contribution >= 4 is 23.1 Å². The Hall–Kier alpha value is -2.77. The number of nitrogens with one attached hydrogen (secondary N) is 1. The lowest BCUT2D eigenvalue weighted by Crippen LogP contribution is -2.42. The molecule has 1 unspecified atom stereocenters. The van der Waals surface area contributed by atoms with Crippen LogP contribution >= 0.6 is 11.3 Å². The maximum Gasteiger partial charge on any atom is 0.411 e. The lowest BCUT2D eigenvalue weighted by molar-refractivity contribution is 0.0711. The minimum Gasteiger partial charge on any atom is -0.449 e. The third kappa shape index (κ3) is 5.83. The van der Waals surface area contributed by atoms with Gasteiger partial charge in [-0.2, -0.15) is 4.39 Å². The molecule has 1 atom stereocenters. The normalized spacial score (nSPS) is 18.7. The fraction of sp³-hybridized carbons (Fsp3) is 0.407. The molecule has 34 heavy (non-hydrogen) atoms. The van der Waals surface area contributed by atoms with E-state index in [9.17, 15) is 9.18 Å². The molecule has 3 heterocycles. The summed E-state index contributed by atoms with van der Waals surface area (Å²) in [7, 11) is 0. The molecular weight excluding hydrogens is 449 g/mol. The maximum absolute atomic E-state index is 13.5. The number of likely N-dealkylation sites (tertiary alicyclic amines) is 1. The van der Waals surface area contributed by atoms with Crippen LogP contribution in [0, 0.1) is 17.5 Å². The number of halogens is 1. The maximum atomic E-state index is 13.5. The van der Waals surface area contributed by atoms with Gasteiger partial charge in [0.05, 0.1) is 0 Å². The molecule has 7 heteroatoms. The molecule has 1 saturated heterocycles. The van der Waals surface area contributed by atoms with Gasteiger partial charge in [0.1, 0.15) is 6.61 Å². The van der Waals surface area contributed by atoms with Crippen LogP contribution in [0.25, 0.3) is 0 Å². The van der Waals surface area contributed by atoms with E-state index in [0.717, 1.165) is 48.5 Å². The van der Waals surface area contributed by atoms with Gasteiger partial charge in [-0.3, -0.25) is 15.2 Å². The van der Waals surface area contributed by atoms with Crippen molar-refractivity contribution in [1.82, 2.24) is 9.88 Å². The fourth-order valence-electron chi connectivity index (χ4n) is 4.59. The number of aryl methyl sites for hydroxylation is 2. The molecule has 5 nitrogen and oxygen atoms in total. The van der Waals surface area contributed by atoms with Gasteiger partial charge in [-0.25, -0.2) is 4.79 Å². The first kappa shape index (κ1) is 24.4. The molecule has 0 bridgehead atoms. The molecule has 0 saturated carbocycles. The van der Waals surface area contributed by atoms with Crippen molar-refractivity contribution in [3.8, 4) is 0 Å². The van der Waals surface area contributed by atoms with E-state index in [-0.39, 0.29) is 16.1 Å². The highest BCUT2D eigenvalue weighted by Crippen LogP contribution is 2.42. The monoisotopic (exact) mass is 481 g/mol. The van der Waals surface area contributed by atoms with Crippen molar-refractivity contribution in [3.63, 3.8) is 0 Å². The molecule has 180 valence electrons. The van der Waals surface area contributed by atoms with Gasteiger partial charge in [0, 0.05) is 40.0 Å². The van der Waals surface area contributed by atoms with Crippen molar-refractivity contribution in [2.75, 3.05) is 25.0 Å². The number of ether oxygens (including phenoxy) is 1. The molecule has 0 radical (unpaired) electrons. The van der Waals surface area contributed by atoms with Gasteiger partial charge in [-0.05, 0) is 82.5 Å². The number of carbonyl (C=O) groups is 1. The van der Waals surface area contributed by atoms with E-state index in [2.05, 4.69) is 35.1 Å². The Balaban J connectivity index is 1.47. The molecule has 0 aliphatic carbocycles. The van der Waals surface area contributed by atoms with Gasteiger partial charge in [0.15, 0.2) is 5.13 Å². The molecule has 1 amide bonds. The number of hydrogen-bond donors (Lipinski definition) is 1. The number of para-hydroxylation sites is 1. The number of hydrogen-bond acceptors (Lipinski definition) is 5.